The topological polar surface area (TPSA) is 86.8 Å². The van der Waals surface area contributed by atoms with Crippen LogP contribution in [0.25, 0.3) is 0 Å². The van der Waals surface area contributed by atoms with E-state index in [2.05, 4.69) is 5.32 Å². The van der Waals surface area contributed by atoms with E-state index in [1.54, 1.807) is 0 Å². The van der Waals surface area contributed by atoms with Crippen molar-refractivity contribution in [3.8, 4) is 0 Å². The van der Waals surface area contributed by atoms with E-state index in [1.165, 1.54) is 23.1 Å². The zero-order chi connectivity index (χ0) is 26.6. The minimum atomic E-state index is -3.86. The number of nitrogens with one attached hydrogen (secondary N) is 1. The molecule has 0 radical (unpaired) electrons. The van der Waals surface area contributed by atoms with Crippen LogP contribution in [0.1, 0.15) is 45.2 Å². The van der Waals surface area contributed by atoms with Gasteiger partial charge in [0.1, 0.15) is 12.6 Å². The van der Waals surface area contributed by atoms with Crippen LogP contribution in [0.3, 0.4) is 0 Å². The molecule has 0 heterocycles. The fraction of sp³-hybridized carbons (Fsp3) is 0.440. The van der Waals surface area contributed by atoms with E-state index >= 15 is 0 Å². The van der Waals surface area contributed by atoms with Crippen LogP contribution in [0, 0.1) is 6.92 Å². The first kappa shape index (κ1) is 28.9. The molecule has 0 bridgehead atoms. The van der Waals surface area contributed by atoms with Gasteiger partial charge in [0.05, 0.1) is 22.0 Å². The van der Waals surface area contributed by atoms with Crippen LogP contribution in [-0.4, -0.2) is 49.5 Å². The van der Waals surface area contributed by atoms with Crippen LogP contribution in [0.2, 0.25) is 10.0 Å². The van der Waals surface area contributed by atoms with Crippen molar-refractivity contribution in [2.24, 2.45) is 0 Å². The van der Waals surface area contributed by atoms with Crippen LogP contribution in [-0.2, 0) is 26.2 Å². The molecular weight excluding hydrogens is 509 g/mol. The summed E-state index contributed by atoms with van der Waals surface area (Å²) in [6, 6.07) is 11.1. The van der Waals surface area contributed by atoms with Crippen molar-refractivity contribution in [3.63, 3.8) is 0 Å². The molecule has 1 atom stereocenters. The van der Waals surface area contributed by atoms with Gasteiger partial charge in [-0.2, -0.15) is 0 Å². The number of benzene rings is 2. The predicted octanol–water partition coefficient (Wildman–Crippen LogP) is 4.79. The maximum atomic E-state index is 13.7. The summed E-state index contributed by atoms with van der Waals surface area (Å²) < 4.78 is 26.3. The first-order valence-corrected chi connectivity index (χ1v) is 13.8. The number of rotatable bonds is 9. The average Bonchev–Trinajstić information content (AvgIpc) is 2.73. The number of halogens is 2. The Bertz CT molecular complexity index is 1180. The molecular formula is C25H33Cl2N3O4S. The number of amides is 2. The van der Waals surface area contributed by atoms with Gasteiger partial charge in [-0.05, 0) is 63.4 Å². The molecule has 0 aromatic heterocycles. The Morgan fingerprint density at radius 2 is 1.69 bits per heavy atom. The predicted molar refractivity (Wildman–Crippen MR) is 142 cm³/mol. The molecule has 2 rings (SSSR count). The van der Waals surface area contributed by atoms with E-state index in [0.717, 1.165) is 21.7 Å². The highest BCUT2D eigenvalue weighted by Crippen LogP contribution is 2.29. The van der Waals surface area contributed by atoms with Gasteiger partial charge in [-0.3, -0.25) is 13.9 Å². The molecule has 192 valence electrons. The van der Waals surface area contributed by atoms with Gasteiger partial charge in [0, 0.05) is 12.1 Å². The van der Waals surface area contributed by atoms with Crippen molar-refractivity contribution in [1.82, 2.24) is 10.2 Å². The van der Waals surface area contributed by atoms with Gasteiger partial charge in [0.25, 0.3) is 0 Å². The van der Waals surface area contributed by atoms with Crippen molar-refractivity contribution in [3.05, 3.63) is 63.6 Å². The molecule has 0 aliphatic carbocycles. The Morgan fingerprint density at radius 1 is 1.06 bits per heavy atom. The summed E-state index contributed by atoms with van der Waals surface area (Å²) >= 11 is 12.1. The van der Waals surface area contributed by atoms with E-state index in [4.69, 9.17) is 23.2 Å². The number of carbonyl (C=O) groups is 2. The molecule has 0 aliphatic rings. The molecule has 7 nitrogen and oxygen atoms in total. The number of carbonyl (C=O) groups excluding carboxylic acids is 2. The molecule has 0 spiro atoms. The Hall–Kier alpha value is -2.29. The van der Waals surface area contributed by atoms with Crippen LogP contribution in [0.5, 0.6) is 0 Å². The highest BCUT2D eigenvalue weighted by Gasteiger charge is 2.33. The van der Waals surface area contributed by atoms with Gasteiger partial charge in [-0.15, -0.1) is 0 Å². The van der Waals surface area contributed by atoms with Gasteiger partial charge in [0.15, 0.2) is 0 Å². The zero-order valence-corrected chi connectivity index (χ0v) is 23.3. The van der Waals surface area contributed by atoms with Crippen LogP contribution in [0.4, 0.5) is 5.69 Å². The number of nitrogens with zero attached hydrogens (tertiary/aromatic N) is 2. The van der Waals surface area contributed by atoms with Gasteiger partial charge in [-0.1, -0.05) is 54.4 Å². The molecule has 1 N–H and O–H groups in total. The number of sulfonamides is 1. The monoisotopic (exact) mass is 541 g/mol. The normalized spacial score (nSPS) is 12.7. The minimum Gasteiger partial charge on any atom is -0.350 e. The van der Waals surface area contributed by atoms with E-state index < -0.39 is 34.1 Å². The molecule has 1 unspecified atom stereocenters. The van der Waals surface area contributed by atoms with Gasteiger partial charge in [-0.25, -0.2) is 8.42 Å². The van der Waals surface area contributed by atoms with Crippen molar-refractivity contribution in [1.29, 1.82) is 0 Å². The molecule has 0 fully saturated rings. The Kier molecular flexibility index (Phi) is 9.62. The quantitative estimate of drug-likeness (QED) is 0.494. The second-order valence-corrected chi connectivity index (χ2v) is 12.2. The van der Waals surface area contributed by atoms with Crippen molar-refractivity contribution in [2.45, 2.75) is 59.2 Å². The standard InChI is InChI=1S/C25H33Cl2N3O4S/c1-7-22(24(32)28-25(3,4)5)29(15-18-11-9-8-10-17(18)2)23(31)16-30(35(6,33)34)19-12-13-20(26)21(27)14-19/h8-14,22H,7,15-16H2,1-6H3,(H,28,32). The maximum Gasteiger partial charge on any atom is 0.244 e. The average molecular weight is 543 g/mol. The third-order valence-electron chi connectivity index (χ3n) is 5.36. The summed E-state index contributed by atoms with van der Waals surface area (Å²) in [5.41, 5.74) is 1.53. The van der Waals surface area contributed by atoms with E-state index in [1.807, 2.05) is 58.9 Å². The first-order chi connectivity index (χ1) is 16.1. The van der Waals surface area contributed by atoms with Crippen LogP contribution >= 0.6 is 23.2 Å². The lowest BCUT2D eigenvalue weighted by Crippen LogP contribution is -2.55. The summed E-state index contributed by atoms with van der Waals surface area (Å²) in [5, 5.41) is 3.37. The smallest absolute Gasteiger partial charge is 0.244 e. The third kappa shape index (κ3) is 8.12. The van der Waals surface area contributed by atoms with Crippen molar-refractivity contribution in [2.75, 3.05) is 17.1 Å². The van der Waals surface area contributed by atoms with E-state index in [0.29, 0.717) is 6.42 Å². The molecule has 0 saturated heterocycles. The lowest BCUT2D eigenvalue weighted by Gasteiger charge is -2.34. The highest BCUT2D eigenvalue weighted by atomic mass is 35.5. The van der Waals surface area contributed by atoms with Gasteiger partial charge >= 0.3 is 0 Å². The van der Waals surface area contributed by atoms with Gasteiger partial charge in [0.2, 0.25) is 21.8 Å². The number of anilines is 1. The second kappa shape index (κ2) is 11.6. The van der Waals surface area contributed by atoms with Gasteiger partial charge < -0.3 is 10.2 Å². The van der Waals surface area contributed by atoms with E-state index in [9.17, 15) is 18.0 Å². The Balaban J connectivity index is 2.49. The van der Waals surface area contributed by atoms with Crippen LogP contribution in [0.15, 0.2) is 42.5 Å². The first-order valence-electron chi connectivity index (χ1n) is 11.2. The summed E-state index contributed by atoms with van der Waals surface area (Å²) in [6.07, 6.45) is 1.36. The zero-order valence-electron chi connectivity index (χ0n) is 20.9. The third-order valence-corrected chi connectivity index (χ3v) is 7.24. The minimum absolute atomic E-state index is 0.153. The lowest BCUT2D eigenvalue weighted by atomic mass is 10.0. The molecule has 35 heavy (non-hydrogen) atoms. The summed E-state index contributed by atoms with van der Waals surface area (Å²) in [6.45, 7) is 8.98. The maximum absolute atomic E-state index is 13.7. The summed E-state index contributed by atoms with van der Waals surface area (Å²) in [5.74, 6) is -0.817. The SMILES string of the molecule is CCC(C(=O)NC(C)(C)C)N(Cc1ccccc1C)C(=O)CN(c1ccc(Cl)c(Cl)c1)S(C)(=O)=O. The Morgan fingerprint density at radius 3 is 2.20 bits per heavy atom. The summed E-state index contributed by atoms with van der Waals surface area (Å²) in [4.78, 5) is 28.3. The largest absolute Gasteiger partial charge is 0.350 e. The van der Waals surface area contributed by atoms with Crippen LogP contribution < -0.4 is 9.62 Å². The molecule has 10 heteroatoms. The van der Waals surface area contributed by atoms with E-state index in [-0.39, 0.29) is 28.2 Å². The summed E-state index contributed by atoms with van der Waals surface area (Å²) in [7, 11) is -3.86. The lowest BCUT2D eigenvalue weighted by molar-refractivity contribution is -0.141. The number of aryl methyl sites for hydroxylation is 1. The Labute approximate surface area is 218 Å². The van der Waals surface area contributed by atoms with Crippen molar-refractivity contribution < 1.29 is 18.0 Å². The molecule has 2 aromatic carbocycles. The van der Waals surface area contributed by atoms with Crippen molar-refractivity contribution >= 4 is 50.7 Å². The molecule has 2 amide bonds. The number of hydrogen-bond donors (Lipinski definition) is 1. The number of hydrogen-bond acceptors (Lipinski definition) is 4. The molecule has 0 saturated carbocycles. The molecule has 0 aliphatic heterocycles. The molecule has 2 aromatic rings. The fourth-order valence-corrected chi connectivity index (χ4v) is 4.73. The second-order valence-electron chi connectivity index (χ2n) is 9.48. The highest BCUT2D eigenvalue weighted by molar-refractivity contribution is 7.92. The fourth-order valence-electron chi connectivity index (χ4n) is 3.60.